The van der Waals surface area contributed by atoms with Crippen molar-refractivity contribution in [3.05, 3.63) is 128 Å². The Bertz CT molecular complexity index is 1100. The fourth-order valence-corrected chi connectivity index (χ4v) is 6.17. The summed E-state index contributed by atoms with van der Waals surface area (Å²) in [6, 6.07) is 21.5. The summed E-state index contributed by atoms with van der Waals surface area (Å²) < 4.78 is 0. The molecule has 0 saturated heterocycles. The van der Waals surface area contributed by atoms with Gasteiger partial charge in [0.25, 0.3) is 0 Å². The van der Waals surface area contributed by atoms with Crippen molar-refractivity contribution >= 4 is 0 Å². The molecule has 0 spiro atoms. The lowest BCUT2D eigenvalue weighted by molar-refractivity contribution is 0.629. The predicted molar refractivity (Wildman–Crippen MR) is 148 cm³/mol. The van der Waals surface area contributed by atoms with Gasteiger partial charge in [-0.15, -0.1) is 0 Å². The second-order valence-electron chi connectivity index (χ2n) is 10.7. The summed E-state index contributed by atoms with van der Waals surface area (Å²) in [6.07, 6.45) is 6.93. The highest BCUT2D eigenvalue weighted by Gasteiger charge is 2.43. The molecule has 1 aliphatic rings. The minimum absolute atomic E-state index is 0.327. The third-order valence-corrected chi connectivity index (χ3v) is 7.53. The topological polar surface area (TPSA) is 0 Å². The zero-order valence-electron chi connectivity index (χ0n) is 22.3. The Morgan fingerprint density at radius 2 is 0.971 bits per heavy atom. The van der Waals surface area contributed by atoms with Crippen molar-refractivity contribution in [3.63, 3.8) is 0 Å². The van der Waals surface area contributed by atoms with Crippen molar-refractivity contribution in [2.24, 2.45) is 5.92 Å². The predicted octanol–water partition coefficient (Wildman–Crippen LogP) is 9.17. The summed E-state index contributed by atoms with van der Waals surface area (Å²) in [4.78, 5) is 0. The molecule has 0 aliphatic heterocycles. The van der Waals surface area contributed by atoms with Crippen LogP contribution in [0.25, 0.3) is 0 Å². The van der Waals surface area contributed by atoms with Crippen molar-refractivity contribution in [2.75, 3.05) is 0 Å². The summed E-state index contributed by atoms with van der Waals surface area (Å²) in [7, 11) is 0. The minimum atomic E-state index is -0.327. The summed E-state index contributed by atoms with van der Waals surface area (Å²) in [5, 5.41) is 0. The summed E-state index contributed by atoms with van der Waals surface area (Å²) in [5.74, 6) is 0.524. The maximum Gasteiger partial charge on any atom is 0.0670 e. The molecule has 0 heterocycles. The summed E-state index contributed by atoms with van der Waals surface area (Å²) in [5.41, 5.74) is 14.8. The first-order chi connectivity index (χ1) is 16.1. The fourth-order valence-electron chi connectivity index (χ4n) is 6.17. The number of rotatable bonds is 6. The van der Waals surface area contributed by atoms with E-state index in [0.717, 1.165) is 12.8 Å². The Morgan fingerprint density at radius 1 is 0.618 bits per heavy atom. The quantitative estimate of drug-likeness (QED) is 0.330. The first kappa shape index (κ1) is 24.3. The smallest absolute Gasteiger partial charge is 0.0670 e. The first-order valence-electron chi connectivity index (χ1n) is 12.8. The lowest BCUT2D eigenvalue weighted by Crippen LogP contribution is -2.33. The van der Waals surface area contributed by atoms with Gasteiger partial charge < -0.3 is 0 Å². The van der Waals surface area contributed by atoms with Crippen molar-refractivity contribution < 1.29 is 0 Å². The van der Waals surface area contributed by atoms with E-state index in [9.17, 15) is 0 Å². The van der Waals surface area contributed by atoms with Crippen molar-refractivity contribution in [1.29, 1.82) is 0 Å². The fraction of sp³-hybridized carbons (Fsp3) is 0.353. The van der Waals surface area contributed by atoms with Crippen LogP contribution in [-0.4, -0.2) is 0 Å². The van der Waals surface area contributed by atoms with Gasteiger partial charge in [-0.05, 0) is 88.1 Å². The zero-order chi connectivity index (χ0) is 24.6. The molecule has 0 N–H and O–H groups in total. The Morgan fingerprint density at radius 3 is 1.29 bits per heavy atom. The molecule has 4 rings (SSSR count). The molecule has 0 saturated carbocycles. The molecular weight excluding hydrogens is 408 g/mol. The molecule has 0 nitrogen and oxygen atoms in total. The van der Waals surface area contributed by atoms with Crippen LogP contribution in [0.4, 0.5) is 0 Å². The molecule has 3 aromatic carbocycles. The van der Waals surface area contributed by atoms with Gasteiger partial charge in [-0.1, -0.05) is 114 Å². The van der Waals surface area contributed by atoms with Gasteiger partial charge in [0.05, 0.1) is 5.41 Å². The molecule has 34 heavy (non-hydrogen) atoms. The number of benzene rings is 3. The Balaban J connectivity index is 2.25. The average molecular weight is 449 g/mol. The number of hydrogen-bond donors (Lipinski definition) is 0. The highest BCUT2D eigenvalue weighted by Crippen LogP contribution is 2.51. The third-order valence-electron chi connectivity index (χ3n) is 7.53. The standard InChI is InChI=1S/C34H40/c1-9-28(8)32-11-10-12-33(32)34(29-16-22(2)13-23(3)17-29,30-18-24(4)14-25(5)19-30)31-20-26(6)15-27(7)21-31/h10-11,13-21,28H,9,12H2,1-8H3. The number of aryl methyl sites for hydroxylation is 6. The summed E-state index contributed by atoms with van der Waals surface area (Å²) in [6.45, 7) is 18.1. The van der Waals surface area contributed by atoms with Gasteiger partial charge in [0.1, 0.15) is 0 Å². The highest BCUT2D eigenvalue weighted by molar-refractivity contribution is 5.64. The van der Waals surface area contributed by atoms with E-state index in [1.54, 1.807) is 5.57 Å². The van der Waals surface area contributed by atoms with Gasteiger partial charge >= 0.3 is 0 Å². The number of allylic oxidation sites excluding steroid dienone is 4. The molecule has 0 radical (unpaired) electrons. The lowest BCUT2D eigenvalue weighted by atomic mass is 9.61. The molecule has 0 heteroatoms. The van der Waals surface area contributed by atoms with E-state index in [-0.39, 0.29) is 5.41 Å². The van der Waals surface area contributed by atoms with Crippen LogP contribution in [0.15, 0.2) is 77.9 Å². The van der Waals surface area contributed by atoms with Crippen molar-refractivity contribution in [2.45, 2.75) is 73.6 Å². The van der Waals surface area contributed by atoms with Gasteiger partial charge in [-0.25, -0.2) is 0 Å². The van der Waals surface area contributed by atoms with Crippen molar-refractivity contribution in [3.8, 4) is 0 Å². The molecule has 0 amide bonds. The zero-order valence-corrected chi connectivity index (χ0v) is 22.3. The third kappa shape index (κ3) is 4.31. The maximum absolute atomic E-state index is 2.43. The van der Waals surface area contributed by atoms with Crippen LogP contribution in [0.1, 0.15) is 76.8 Å². The van der Waals surface area contributed by atoms with E-state index in [0.29, 0.717) is 5.92 Å². The first-order valence-corrected chi connectivity index (χ1v) is 12.8. The average Bonchev–Trinajstić information content (AvgIpc) is 3.22. The van der Waals surface area contributed by atoms with Gasteiger partial charge in [0.2, 0.25) is 0 Å². The molecular formula is C34H40. The van der Waals surface area contributed by atoms with Gasteiger partial charge in [0.15, 0.2) is 0 Å². The van der Waals surface area contributed by atoms with E-state index in [2.05, 4.69) is 122 Å². The normalized spacial score (nSPS) is 14.7. The Hall–Kier alpha value is -2.86. The Kier molecular flexibility index (Phi) is 6.72. The largest absolute Gasteiger partial charge is 0.0801 e. The second-order valence-corrected chi connectivity index (χ2v) is 10.7. The minimum Gasteiger partial charge on any atom is -0.0801 e. The molecule has 1 aliphatic carbocycles. The molecule has 0 aromatic heterocycles. The van der Waals surface area contributed by atoms with Crippen LogP contribution in [0.3, 0.4) is 0 Å². The molecule has 0 fully saturated rings. The van der Waals surface area contributed by atoms with Crippen LogP contribution in [0.2, 0.25) is 0 Å². The van der Waals surface area contributed by atoms with Crippen LogP contribution < -0.4 is 0 Å². The molecule has 1 atom stereocenters. The van der Waals surface area contributed by atoms with E-state index < -0.39 is 0 Å². The molecule has 0 bridgehead atoms. The molecule has 1 unspecified atom stereocenters. The Labute approximate surface area is 207 Å². The van der Waals surface area contributed by atoms with Crippen LogP contribution in [0, 0.1) is 47.5 Å². The van der Waals surface area contributed by atoms with Gasteiger partial charge in [-0.3, -0.25) is 0 Å². The van der Waals surface area contributed by atoms with Crippen LogP contribution in [0.5, 0.6) is 0 Å². The number of hydrogen-bond acceptors (Lipinski definition) is 0. The second kappa shape index (κ2) is 9.41. The summed E-state index contributed by atoms with van der Waals surface area (Å²) >= 11 is 0. The lowest BCUT2D eigenvalue weighted by Gasteiger charge is -2.40. The van der Waals surface area contributed by atoms with Crippen LogP contribution >= 0.6 is 0 Å². The molecule has 3 aromatic rings. The van der Waals surface area contributed by atoms with E-state index in [1.807, 2.05) is 0 Å². The van der Waals surface area contributed by atoms with Gasteiger partial charge in [0, 0.05) is 0 Å². The monoisotopic (exact) mass is 448 g/mol. The van der Waals surface area contributed by atoms with Crippen LogP contribution in [-0.2, 0) is 5.41 Å². The SMILES string of the molecule is CCC(C)C1=C(C(c2cc(C)cc(C)c2)(c2cc(C)cc(C)c2)c2cc(C)cc(C)c2)CC=C1. The van der Waals surface area contributed by atoms with E-state index in [4.69, 9.17) is 0 Å². The maximum atomic E-state index is 2.43. The molecule has 176 valence electrons. The van der Waals surface area contributed by atoms with E-state index >= 15 is 0 Å². The highest BCUT2D eigenvalue weighted by atomic mass is 14.4. The van der Waals surface area contributed by atoms with E-state index in [1.165, 1.54) is 55.6 Å². The van der Waals surface area contributed by atoms with Crippen molar-refractivity contribution in [1.82, 2.24) is 0 Å². The van der Waals surface area contributed by atoms with Gasteiger partial charge in [-0.2, -0.15) is 0 Å².